The molecule has 5 heterocycles. The molecule has 11 nitrogen and oxygen atoms in total. The highest BCUT2D eigenvalue weighted by molar-refractivity contribution is 7.90. The quantitative estimate of drug-likeness (QED) is 0.442. The van der Waals surface area contributed by atoms with Gasteiger partial charge in [0.25, 0.3) is 5.91 Å². The van der Waals surface area contributed by atoms with Crippen LogP contribution in [0, 0.1) is 17.8 Å². The zero-order chi connectivity index (χ0) is 37.0. The maximum absolute atomic E-state index is 13.6. The molecule has 2 bridgehead atoms. The van der Waals surface area contributed by atoms with Gasteiger partial charge in [-0.2, -0.15) is 0 Å². The van der Waals surface area contributed by atoms with E-state index >= 15 is 0 Å². The van der Waals surface area contributed by atoms with Crippen molar-refractivity contribution in [2.45, 2.75) is 74.7 Å². The molecule has 2 saturated heterocycles. The van der Waals surface area contributed by atoms with E-state index in [1.54, 1.807) is 19.1 Å². The second-order valence-electron chi connectivity index (χ2n) is 16.5. The molecule has 1 aromatic heterocycles. The Labute approximate surface area is 319 Å². The molecule has 2 aliphatic carbocycles. The first-order valence-corrected chi connectivity index (χ1v) is 21.4. The van der Waals surface area contributed by atoms with E-state index in [1.807, 2.05) is 20.1 Å². The monoisotopic (exact) mass is 767 g/mol. The zero-order valence-corrected chi connectivity index (χ0v) is 32.8. The van der Waals surface area contributed by atoms with Crippen LogP contribution in [0.3, 0.4) is 0 Å². The maximum atomic E-state index is 13.6. The lowest BCUT2D eigenvalue weighted by Crippen LogP contribution is -2.62. The van der Waals surface area contributed by atoms with E-state index in [9.17, 15) is 13.2 Å². The second kappa shape index (κ2) is 14.7. The molecule has 1 aromatic carbocycles. The van der Waals surface area contributed by atoms with Gasteiger partial charge in [0.1, 0.15) is 11.3 Å². The summed E-state index contributed by atoms with van der Waals surface area (Å²) in [6.07, 6.45) is 9.91. The van der Waals surface area contributed by atoms with Gasteiger partial charge in [-0.1, -0.05) is 36.7 Å². The lowest BCUT2D eigenvalue weighted by molar-refractivity contribution is -0.108. The number of morpholine rings is 1. The van der Waals surface area contributed by atoms with Crippen molar-refractivity contribution in [2.24, 2.45) is 17.8 Å². The average Bonchev–Trinajstić information content (AvgIpc) is 3.28. The minimum absolute atomic E-state index is 0.0572. The Hall–Kier alpha value is -2.74. The molecule has 1 amide bonds. The van der Waals surface area contributed by atoms with Crippen molar-refractivity contribution < 1.29 is 27.4 Å². The summed E-state index contributed by atoms with van der Waals surface area (Å²) in [4.78, 5) is 25.9. The number of methoxy groups -OCH3 is 1. The Morgan fingerprint density at radius 1 is 1.11 bits per heavy atom. The average molecular weight is 768 g/mol. The number of aryl methyl sites for hydroxylation is 1. The number of allylic oxidation sites excluding steroid dienone is 1. The number of fused-ring (bicyclic) bond motifs is 5. The number of hydrogen-bond donors (Lipinski definition) is 1. The summed E-state index contributed by atoms with van der Waals surface area (Å²) in [5.41, 5.74) is 1.69. The van der Waals surface area contributed by atoms with Gasteiger partial charge in [0, 0.05) is 69.4 Å². The van der Waals surface area contributed by atoms with Gasteiger partial charge in [-0.3, -0.25) is 14.6 Å². The van der Waals surface area contributed by atoms with Crippen LogP contribution in [0.25, 0.3) is 0 Å². The highest BCUT2D eigenvalue weighted by Gasteiger charge is 2.50. The van der Waals surface area contributed by atoms with Crippen LogP contribution in [0.5, 0.6) is 5.75 Å². The summed E-state index contributed by atoms with van der Waals surface area (Å²) in [6.45, 7) is 11.6. The number of carbonyl (C=O) groups is 1. The lowest BCUT2D eigenvalue weighted by Gasteiger charge is -2.53. The molecule has 53 heavy (non-hydrogen) atoms. The minimum atomic E-state index is -4.00. The molecular formula is C40H54ClN5O6S. The normalized spacial score (nSPS) is 34.8. The Bertz CT molecular complexity index is 1850. The molecule has 0 unspecified atom stereocenters. The van der Waals surface area contributed by atoms with Gasteiger partial charge in [-0.15, -0.1) is 0 Å². The number of aromatic nitrogens is 1. The first kappa shape index (κ1) is 37.2. The summed E-state index contributed by atoms with van der Waals surface area (Å²) >= 11 is 6.50. The van der Waals surface area contributed by atoms with Gasteiger partial charge in [0.05, 0.1) is 25.1 Å². The molecule has 6 aliphatic rings. The molecule has 3 fully saturated rings. The van der Waals surface area contributed by atoms with E-state index in [2.05, 4.69) is 43.7 Å². The molecule has 7 atom stereocenters. The number of amides is 1. The van der Waals surface area contributed by atoms with Crippen LogP contribution in [0.1, 0.15) is 67.6 Å². The predicted octanol–water partition coefficient (Wildman–Crippen LogP) is 4.68. The molecular weight excluding hydrogens is 714 g/mol. The molecule has 1 N–H and O–H groups in total. The predicted molar refractivity (Wildman–Crippen MR) is 205 cm³/mol. The number of pyridine rings is 1. The first-order chi connectivity index (χ1) is 25.5. The molecule has 0 radical (unpaired) electrons. The number of sulfonamides is 1. The number of nitrogens with zero attached hydrogens (tertiary/aromatic N) is 4. The van der Waals surface area contributed by atoms with Gasteiger partial charge >= 0.3 is 0 Å². The Morgan fingerprint density at radius 3 is 2.79 bits per heavy atom. The van der Waals surface area contributed by atoms with Crippen LogP contribution in [0.2, 0.25) is 5.02 Å². The Morgan fingerprint density at radius 2 is 1.98 bits per heavy atom. The van der Waals surface area contributed by atoms with Crippen molar-refractivity contribution in [3.05, 3.63) is 64.3 Å². The van der Waals surface area contributed by atoms with E-state index < -0.39 is 26.8 Å². The topological polar surface area (TPSA) is 114 Å². The third kappa shape index (κ3) is 7.13. The number of nitrogens with one attached hydrogen (secondary N) is 1. The smallest absolute Gasteiger partial charge is 0.283 e. The SMILES string of the molecule is CO[C@@]1(CN2CCN3CCOC[C@@H]3C2)C=CC[C@H](C)[C@@H](C)S(=O)(=O)NC(=O)c2ccc3c(n2)N(C[C@@H]2CC[C@H]21)C[C@@]1(CCCc2cc(Cl)ccc21)CO3. The second-order valence-corrected chi connectivity index (χ2v) is 19.0. The Balaban J connectivity index is 1.19. The number of carbonyl (C=O) groups excluding carboxylic acids is 1. The molecule has 8 rings (SSSR count). The van der Waals surface area contributed by atoms with Crippen LogP contribution in [-0.4, -0.2) is 119 Å². The summed E-state index contributed by atoms with van der Waals surface area (Å²) in [7, 11) is -2.16. The van der Waals surface area contributed by atoms with Crippen molar-refractivity contribution in [3.63, 3.8) is 0 Å². The lowest BCUT2D eigenvalue weighted by atomic mass is 9.63. The van der Waals surface area contributed by atoms with Gasteiger partial charge in [0.15, 0.2) is 11.6 Å². The number of piperazine rings is 1. The summed E-state index contributed by atoms with van der Waals surface area (Å²) in [5.74, 6) is 0.730. The standard InChI is InChI=1S/C40H54ClN5O6S/c1-27-6-4-15-40(50-3,25-44-16-17-45-18-19-51-23-32(45)22-44)34-10-8-30(34)21-46-24-39(14-5-7-29-20-31(41)9-11-33(29)39)26-52-36-13-12-35(42-37(36)46)38(47)43-53(48,49)28(27)2/h4,9,11-13,15,20,27-28,30,32,34H,5-8,10,14,16-19,21-26H2,1-3H3,(H,43,47)/t27-,28+,30-,32-,34+,39-,40+/m0/s1. The third-order valence-electron chi connectivity index (χ3n) is 13.4. The summed E-state index contributed by atoms with van der Waals surface area (Å²) in [6, 6.07) is 9.96. The van der Waals surface area contributed by atoms with Crippen molar-refractivity contribution in [3.8, 4) is 5.75 Å². The van der Waals surface area contributed by atoms with E-state index in [4.69, 9.17) is 30.8 Å². The molecule has 13 heteroatoms. The fraction of sp³-hybridized carbons (Fsp3) is 0.650. The van der Waals surface area contributed by atoms with Crippen molar-refractivity contribution in [2.75, 3.05) is 77.6 Å². The molecule has 4 aliphatic heterocycles. The van der Waals surface area contributed by atoms with E-state index in [0.29, 0.717) is 49.6 Å². The van der Waals surface area contributed by atoms with Crippen LogP contribution in [0.4, 0.5) is 5.82 Å². The number of halogens is 1. The fourth-order valence-corrected chi connectivity index (χ4v) is 11.4. The first-order valence-electron chi connectivity index (χ1n) is 19.5. The molecule has 288 valence electrons. The van der Waals surface area contributed by atoms with E-state index in [-0.39, 0.29) is 22.9 Å². The van der Waals surface area contributed by atoms with Crippen molar-refractivity contribution in [1.29, 1.82) is 0 Å². The minimum Gasteiger partial charge on any atom is -0.489 e. The van der Waals surface area contributed by atoms with E-state index in [1.165, 1.54) is 11.1 Å². The zero-order valence-electron chi connectivity index (χ0n) is 31.3. The molecule has 1 saturated carbocycles. The maximum Gasteiger partial charge on any atom is 0.283 e. The van der Waals surface area contributed by atoms with Crippen LogP contribution >= 0.6 is 11.6 Å². The van der Waals surface area contributed by atoms with Gasteiger partial charge in [-0.25, -0.2) is 18.1 Å². The Kier molecular flexibility index (Phi) is 10.3. The third-order valence-corrected chi connectivity index (χ3v) is 15.6. The van der Waals surface area contributed by atoms with Gasteiger partial charge in [-0.05, 0) is 98.6 Å². The van der Waals surface area contributed by atoms with Gasteiger partial charge in [0.2, 0.25) is 10.0 Å². The van der Waals surface area contributed by atoms with Crippen molar-refractivity contribution in [1.82, 2.24) is 19.5 Å². The number of hydrogen-bond acceptors (Lipinski definition) is 10. The van der Waals surface area contributed by atoms with Crippen LogP contribution in [-0.2, 0) is 31.3 Å². The molecule has 1 spiro atoms. The highest BCUT2D eigenvalue weighted by atomic mass is 35.5. The largest absolute Gasteiger partial charge is 0.489 e. The summed E-state index contributed by atoms with van der Waals surface area (Å²) in [5, 5.41) is -0.0736. The number of anilines is 1. The fourth-order valence-electron chi connectivity index (χ4n) is 9.96. The molecule has 2 aromatic rings. The van der Waals surface area contributed by atoms with Gasteiger partial charge < -0.3 is 19.1 Å². The van der Waals surface area contributed by atoms with Crippen LogP contribution in [0.15, 0.2) is 42.5 Å². The van der Waals surface area contributed by atoms with Crippen molar-refractivity contribution >= 4 is 33.3 Å². The number of benzene rings is 1. The summed E-state index contributed by atoms with van der Waals surface area (Å²) < 4.78 is 48.8. The highest BCUT2D eigenvalue weighted by Crippen LogP contribution is 2.49. The number of ether oxygens (including phenoxy) is 3. The van der Waals surface area contributed by atoms with Crippen LogP contribution < -0.4 is 14.4 Å². The van der Waals surface area contributed by atoms with E-state index in [0.717, 1.165) is 83.1 Å². The number of rotatable bonds is 3.